The first-order valence-corrected chi connectivity index (χ1v) is 5.69. The number of imide groups is 1. The molecular formula is C10H9BrF3N3O2. The van der Waals surface area contributed by atoms with Crippen LogP contribution in [0, 0.1) is 0 Å². The molecule has 0 aliphatic heterocycles. The fraction of sp³-hybridized carbons (Fsp3) is 0.200. The van der Waals surface area contributed by atoms with E-state index in [-0.39, 0.29) is 12.2 Å². The zero-order chi connectivity index (χ0) is 14.6. The molecule has 0 radical (unpaired) electrons. The summed E-state index contributed by atoms with van der Waals surface area (Å²) in [5.74, 6) is -0.753. The number of nitrogens with one attached hydrogen (secondary N) is 2. The largest absolute Gasteiger partial charge is 0.416 e. The molecule has 0 aromatic heterocycles. The van der Waals surface area contributed by atoms with Gasteiger partial charge in [0, 0.05) is 10.2 Å². The highest BCUT2D eigenvalue weighted by Gasteiger charge is 2.30. The van der Waals surface area contributed by atoms with E-state index in [0.29, 0.717) is 4.47 Å². The van der Waals surface area contributed by atoms with Crippen LogP contribution in [0.2, 0.25) is 0 Å². The summed E-state index contributed by atoms with van der Waals surface area (Å²) in [6, 6.07) is 1.92. The van der Waals surface area contributed by atoms with Crippen LogP contribution in [0.15, 0.2) is 22.7 Å². The van der Waals surface area contributed by atoms with Gasteiger partial charge in [-0.15, -0.1) is 0 Å². The van der Waals surface area contributed by atoms with Crippen molar-refractivity contribution in [3.63, 3.8) is 0 Å². The minimum Gasteiger partial charge on any atom is -0.375 e. The van der Waals surface area contributed by atoms with Gasteiger partial charge in [-0.2, -0.15) is 13.2 Å². The summed E-state index contributed by atoms with van der Waals surface area (Å²) >= 11 is 3.04. The zero-order valence-corrected chi connectivity index (χ0v) is 10.9. The van der Waals surface area contributed by atoms with Crippen LogP contribution in [0.4, 0.5) is 23.7 Å². The van der Waals surface area contributed by atoms with Gasteiger partial charge in [0.15, 0.2) is 0 Å². The first-order valence-electron chi connectivity index (χ1n) is 4.90. The van der Waals surface area contributed by atoms with E-state index in [1.807, 2.05) is 0 Å². The predicted molar refractivity (Wildman–Crippen MR) is 65.4 cm³/mol. The first kappa shape index (κ1) is 15.3. The number of nitrogens with two attached hydrogens (primary N) is 1. The molecule has 0 heterocycles. The molecule has 4 N–H and O–H groups in total. The third-order valence-electron chi connectivity index (χ3n) is 2.00. The molecule has 3 amide bonds. The maximum absolute atomic E-state index is 12.5. The molecule has 9 heteroatoms. The second-order valence-electron chi connectivity index (χ2n) is 3.46. The lowest BCUT2D eigenvalue weighted by Gasteiger charge is -2.12. The summed E-state index contributed by atoms with van der Waals surface area (Å²) in [5.41, 5.74) is 3.94. The average molecular weight is 340 g/mol. The van der Waals surface area contributed by atoms with Gasteiger partial charge in [-0.25, -0.2) is 4.79 Å². The summed E-state index contributed by atoms with van der Waals surface area (Å²) in [6.45, 7) is -0.386. The Kier molecular flexibility index (Phi) is 4.76. The van der Waals surface area contributed by atoms with Crippen molar-refractivity contribution in [1.29, 1.82) is 0 Å². The van der Waals surface area contributed by atoms with E-state index in [1.165, 1.54) is 6.07 Å². The molecular weight excluding hydrogens is 331 g/mol. The Balaban J connectivity index is 2.78. The molecule has 1 aromatic rings. The Bertz CT molecular complexity index is 505. The summed E-state index contributed by atoms with van der Waals surface area (Å²) in [5, 5.41) is 4.24. The monoisotopic (exact) mass is 339 g/mol. The fourth-order valence-electron chi connectivity index (χ4n) is 1.19. The molecule has 104 valence electrons. The van der Waals surface area contributed by atoms with Crippen molar-refractivity contribution in [2.45, 2.75) is 6.18 Å². The summed E-state index contributed by atoms with van der Waals surface area (Å²) in [4.78, 5) is 21.5. The lowest BCUT2D eigenvalue weighted by atomic mass is 10.2. The molecule has 0 unspecified atom stereocenters. The molecule has 19 heavy (non-hydrogen) atoms. The Morgan fingerprint density at radius 3 is 2.47 bits per heavy atom. The van der Waals surface area contributed by atoms with Gasteiger partial charge in [0.1, 0.15) is 0 Å². The Morgan fingerprint density at radius 1 is 1.32 bits per heavy atom. The Morgan fingerprint density at radius 2 is 1.95 bits per heavy atom. The van der Waals surface area contributed by atoms with Crippen LogP contribution >= 0.6 is 15.9 Å². The minimum atomic E-state index is -4.48. The van der Waals surface area contributed by atoms with Crippen molar-refractivity contribution < 1.29 is 22.8 Å². The van der Waals surface area contributed by atoms with Crippen molar-refractivity contribution in [3.05, 3.63) is 28.2 Å². The molecule has 0 saturated carbocycles. The second kappa shape index (κ2) is 5.91. The number of alkyl halides is 3. The quantitative estimate of drug-likeness (QED) is 0.788. The molecule has 1 aromatic carbocycles. The number of amides is 3. The number of anilines is 1. The summed E-state index contributed by atoms with van der Waals surface area (Å²) in [7, 11) is 0. The van der Waals surface area contributed by atoms with Crippen LogP contribution in [0.1, 0.15) is 5.56 Å². The lowest BCUT2D eigenvalue weighted by Crippen LogP contribution is -2.38. The SMILES string of the molecule is NC(=O)NC(=O)CNc1cc(C(F)(F)F)ccc1Br. The maximum Gasteiger partial charge on any atom is 0.416 e. The highest BCUT2D eigenvalue weighted by molar-refractivity contribution is 9.10. The van der Waals surface area contributed by atoms with Crippen LogP contribution in [0.5, 0.6) is 0 Å². The number of benzene rings is 1. The van der Waals surface area contributed by atoms with Crippen LogP contribution < -0.4 is 16.4 Å². The number of primary amides is 1. The van der Waals surface area contributed by atoms with Crippen molar-refractivity contribution >= 4 is 33.6 Å². The number of carbonyl (C=O) groups is 2. The average Bonchev–Trinajstić information content (AvgIpc) is 2.25. The van der Waals surface area contributed by atoms with Gasteiger partial charge in [-0.1, -0.05) is 0 Å². The van der Waals surface area contributed by atoms with Gasteiger partial charge >= 0.3 is 12.2 Å². The van der Waals surface area contributed by atoms with E-state index in [1.54, 1.807) is 5.32 Å². The summed E-state index contributed by atoms with van der Waals surface area (Å²) < 4.78 is 37.8. The van der Waals surface area contributed by atoms with E-state index in [0.717, 1.165) is 12.1 Å². The van der Waals surface area contributed by atoms with Gasteiger partial charge in [-0.05, 0) is 34.1 Å². The number of hydrogen-bond acceptors (Lipinski definition) is 3. The van der Waals surface area contributed by atoms with E-state index in [9.17, 15) is 22.8 Å². The van der Waals surface area contributed by atoms with E-state index >= 15 is 0 Å². The highest BCUT2D eigenvalue weighted by atomic mass is 79.9. The van der Waals surface area contributed by atoms with Crippen molar-refractivity contribution in [2.24, 2.45) is 5.73 Å². The predicted octanol–water partition coefficient (Wildman–Crippen LogP) is 2.07. The molecule has 0 atom stereocenters. The third kappa shape index (κ3) is 4.78. The first-order chi connectivity index (χ1) is 8.70. The Hall–Kier alpha value is -1.77. The molecule has 0 bridgehead atoms. The van der Waals surface area contributed by atoms with Crippen molar-refractivity contribution in [1.82, 2.24) is 5.32 Å². The molecule has 0 spiro atoms. The topological polar surface area (TPSA) is 84.2 Å². The van der Waals surface area contributed by atoms with Gasteiger partial charge in [0.05, 0.1) is 12.1 Å². The zero-order valence-electron chi connectivity index (χ0n) is 9.34. The Labute approximate surface area is 114 Å². The molecule has 0 fully saturated rings. The van der Waals surface area contributed by atoms with Gasteiger partial charge < -0.3 is 11.1 Å². The van der Waals surface area contributed by atoms with Gasteiger partial charge in [0.25, 0.3) is 0 Å². The van der Waals surface area contributed by atoms with Gasteiger partial charge in [0.2, 0.25) is 5.91 Å². The fourth-order valence-corrected chi connectivity index (χ4v) is 1.58. The smallest absolute Gasteiger partial charge is 0.375 e. The second-order valence-corrected chi connectivity index (χ2v) is 4.31. The molecule has 0 saturated heterocycles. The molecule has 0 aliphatic rings. The number of carbonyl (C=O) groups excluding carboxylic acids is 2. The van der Waals surface area contributed by atoms with Crippen LogP contribution in [0.3, 0.4) is 0 Å². The van der Waals surface area contributed by atoms with Crippen molar-refractivity contribution in [3.8, 4) is 0 Å². The van der Waals surface area contributed by atoms with Crippen molar-refractivity contribution in [2.75, 3.05) is 11.9 Å². The standard InChI is InChI=1S/C10H9BrF3N3O2/c11-6-2-1-5(10(12,13)14)3-7(6)16-4-8(18)17-9(15)19/h1-3,16H,4H2,(H3,15,17,18,19). The number of rotatable bonds is 3. The third-order valence-corrected chi connectivity index (χ3v) is 2.69. The normalized spacial score (nSPS) is 10.9. The molecule has 5 nitrogen and oxygen atoms in total. The van der Waals surface area contributed by atoms with E-state index in [2.05, 4.69) is 21.2 Å². The molecule has 1 rings (SSSR count). The van der Waals surface area contributed by atoms with E-state index < -0.39 is 23.7 Å². The van der Waals surface area contributed by atoms with Crippen LogP contribution in [-0.2, 0) is 11.0 Å². The lowest BCUT2D eigenvalue weighted by molar-refractivity contribution is -0.137. The number of hydrogen-bond donors (Lipinski definition) is 3. The van der Waals surface area contributed by atoms with Gasteiger partial charge in [-0.3, -0.25) is 10.1 Å². The van der Waals surface area contributed by atoms with Crippen LogP contribution in [-0.4, -0.2) is 18.5 Å². The van der Waals surface area contributed by atoms with E-state index in [4.69, 9.17) is 5.73 Å². The summed E-state index contributed by atoms with van der Waals surface area (Å²) in [6.07, 6.45) is -4.48. The molecule has 0 aliphatic carbocycles. The van der Waals surface area contributed by atoms with Crippen LogP contribution in [0.25, 0.3) is 0 Å². The maximum atomic E-state index is 12.5. The minimum absolute atomic E-state index is 0.0782. The highest BCUT2D eigenvalue weighted by Crippen LogP contribution is 2.33. The number of urea groups is 1. The number of halogens is 4.